The second-order valence-electron chi connectivity index (χ2n) is 4.32. The molecule has 1 aromatic rings. The van der Waals surface area contributed by atoms with Crippen molar-refractivity contribution in [2.45, 2.75) is 13.3 Å². The van der Waals surface area contributed by atoms with Crippen LogP contribution in [0.4, 0.5) is 0 Å². The van der Waals surface area contributed by atoms with Gasteiger partial charge in [-0.3, -0.25) is 9.78 Å². The van der Waals surface area contributed by atoms with E-state index in [0.717, 1.165) is 31.6 Å². The molecule has 2 N–H and O–H groups in total. The van der Waals surface area contributed by atoms with E-state index in [1.54, 1.807) is 12.4 Å². The number of nitrogens with one attached hydrogen (secondary N) is 2. The van der Waals surface area contributed by atoms with Crippen LogP contribution in [-0.2, 0) is 0 Å². The van der Waals surface area contributed by atoms with E-state index < -0.39 is 0 Å². The van der Waals surface area contributed by atoms with Gasteiger partial charge in [-0.05, 0) is 44.0 Å². The monoisotopic (exact) mass is 219 g/mol. The molecule has 1 atom stereocenters. The first-order chi connectivity index (χ1) is 7.75. The Labute approximate surface area is 95.5 Å². The lowest BCUT2D eigenvalue weighted by Crippen LogP contribution is -2.30. The van der Waals surface area contributed by atoms with Gasteiger partial charge in [0, 0.05) is 18.9 Å². The average molecular weight is 219 g/mol. The highest BCUT2D eigenvalue weighted by molar-refractivity contribution is 5.93. The van der Waals surface area contributed by atoms with Crippen molar-refractivity contribution >= 4 is 5.91 Å². The highest BCUT2D eigenvalue weighted by Gasteiger charge is 2.15. The Kier molecular flexibility index (Phi) is 3.51. The fourth-order valence-corrected chi connectivity index (χ4v) is 1.91. The van der Waals surface area contributed by atoms with Crippen molar-refractivity contribution in [1.29, 1.82) is 0 Å². The van der Waals surface area contributed by atoms with Gasteiger partial charge in [-0.25, -0.2) is 0 Å². The first-order valence-electron chi connectivity index (χ1n) is 5.66. The number of aromatic nitrogens is 1. The molecule has 1 amide bonds. The Morgan fingerprint density at radius 2 is 2.50 bits per heavy atom. The summed E-state index contributed by atoms with van der Waals surface area (Å²) in [6.45, 7) is 4.75. The van der Waals surface area contributed by atoms with Crippen LogP contribution in [0.2, 0.25) is 0 Å². The minimum Gasteiger partial charge on any atom is -0.352 e. The molecule has 1 saturated heterocycles. The summed E-state index contributed by atoms with van der Waals surface area (Å²) >= 11 is 0. The van der Waals surface area contributed by atoms with Gasteiger partial charge in [-0.2, -0.15) is 0 Å². The van der Waals surface area contributed by atoms with Crippen molar-refractivity contribution in [3.8, 4) is 0 Å². The summed E-state index contributed by atoms with van der Waals surface area (Å²) in [7, 11) is 0. The number of nitrogens with zero attached hydrogens (tertiary/aromatic N) is 1. The quantitative estimate of drug-likeness (QED) is 0.788. The van der Waals surface area contributed by atoms with Crippen LogP contribution in [-0.4, -0.2) is 30.5 Å². The van der Waals surface area contributed by atoms with Gasteiger partial charge in [-0.1, -0.05) is 0 Å². The molecule has 1 aliphatic heterocycles. The largest absolute Gasteiger partial charge is 0.352 e. The number of carbonyl (C=O) groups is 1. The van der Waals surface area contributed by atoms with Crippen molar-refractivity contribution in [1.82, 2.24) is 15.6 Å². The van der Waals surface area contributed by atoms with Gasteiger partial charge in [-0.15, -0.1) is 0 Å². The van der Waals surface area contributed by atoms with Gasteiger partial charge >= 0.3 is 0 Å². The normalized spacial score (nSPS) is 19.7. The molecule has 16 heavy (non-hydrogen) atoms. The zero-order valence-corrected chi connectivity index (χ0v) is 9.49. The first-order valence-corrected chi connectivity index (χ1v) is 5.66. The number of hydrogen-bond acceptors (Lipinski definition) is 3. The SMILES string of the molecule is Cc1cncc(C(=O)NCC2CCNC2)c1. The fraction of sp³-hybridized carbons (Fsp3) is 0.500. The zero-order chi connectivity index (χ0) is 11.4. The molecular formula is C12H17N3O. The van der Waals surface area contributed by atoms with Gasteiger partial charge in [0.2, 0.25) is 0 Å². The average Bonchev–Trinajstić information content (AvgIpc) is 2.78. The number of rotatable bonds is 3. The molecule has 0 radical (unpaired) electrons. The predicted octanol–water partition coefficient (Wildman–Crippen LogP) is 0.729. The number of carbonyl (C=O) groups excluding carboxylic acids is 1. The summed E-state index contributed by atoms with van der Waals surface area (Å²) in [5.74, 6) is 0.546. The Bertz CT molecular complexity index is 372. The molecule has 0 aliphatic carbocycles. The standard InChI is InChI=1S/C12H17N3O/c1-9-4-11(8-14-5-9)12(16)15-7-10-2-3-13-6-10/h4-5,8,10,13H,2-3,6-7H2,1H3,(H,15,16). The van der Waals surface area contributed by atoms with Crippen LogP contribution in [0.25, 0.3) is 0 Å². The van der Waals surface area contributed by atoms with E-state index >= 15 is 0 Å². The molecule has 0 saturated carbocycles. The van der Waals surface area contributed by atoms with E-state index in [0.29, 0.717) is 11.5 Å². The van der Waals surface area contributed by atoms with Crippen molar-refractivity contribution in [3.63, 3.8) is 0 Å². The van der Waals surface area contributed by atoms with Crippen molar-refractivity contribution < 1.29 is 4.79 Å². The first kappa shape index (κ1) is 11.1. The van der Waals surface area contributed by atoms with E-state index in [-0.39, 0.29) is 5.91 Å². The maximum absolute atomic E-state index is 11.8. The minimum atomic E-state index is -0.0249. The van der Waals surface area contributed by atoms with Crippen LogP contribution in [0.15, 0.2) is 18.5 Å². The van der Waals surface area contributed by atoms with Gasteiger partial charge in [0.25, 0.3) is 5.91 Å². The van der Waals surface area contributed by atoms with Crippen LogP contribution < -0.4 is 10.6 Å². The molecule has 0 bridgehead atoms. The molecular weight excluding hydrogens is 202 g/mol. The Balaban J connectivity index is 1.87. The topological polar surface area (TPSA) is 54.0 Å². The zero-order valence-electron chi connectivity index (χ0n) is 9.49. The lowest BCUT2D eigenvalue weighted by atomic mass is 10.1. The van der Waals surface area contributed by atoms with Crippen LogP contribution in [0, 0.1) is 12.8 Å². The van der Waals surface area contributed by atoms with Crippen LogP contribution in [0.3, 0.4) is 0 Å². The summed E-state index contributed by atoms with van der Waals surface area (Å²) in [6, 6.07) is 1.86. The number of hydrogen-bond donors (Lipinski definition) is 2. The van der Waals surface area contributed by atoms with Crippen molar-refractivity contribution in [2.24, 2.45) is 5.92 Å². The Morgan fingerprint density at radius 3 is 3.19 bits per heavy atom. The molecule has 2 heterocycles. The molecule has 0 aromatic carbocycles. The van der Waals surface area contributed by atoms with E-state index in [1.807, 2.05) is 13.0 Å². The Hall–Kier alpha value is -1.42. The third kappa shape index (κ3) is 2.79. The molecule has 1 aliphatic rings. The summed E-state index contributed by atoms with van der Waals surface area (Å²) in [6.07, 6.45) is 4.50. The van der Waals surface area contributed by atoms with Gasteiger partial charge in [0.05, 0.1) is 5.56 Å². The minimum absolute atomic E-state index is 0.0249. The lowest BCUT2D eigenvalue weighted by molar-refractivity contribution is 0.0947. The van der Waals surface area contributed by atoms with Gasteiger partial charge in [0.15, 0.2) is 0 Å². The molecule has 1 fully saturated rings. The lowest BCUT2D eigenvalue weighted by Gasteiger charge is -2.09. The summed E-state index contributed by atoms with van der Waals surface area (Å²) in [5, 5.41) is 6.23. The third-order valence-electron chi connectivity index (χ3n) is 2.85. The summed E-state index contributed by atoms with van der Waals surface area (Å²) in [5.41, 5.74) is 1.65. The molecule has 4 heteroatoms. The maximum atomic E-state index is 11.8. The predicted molar refractivity (Wildman–Crippen MR) is 62.3 cm³/mol. The highest BCUT2D eigenvalue weighted by Crippen LogP contribution is 2.06. The number of amides is 1. The van der Waals surface area contributed by atoms with Crippen molar-refractivity contribution in [3.05, 3.63) is 29.6 Å². The number of aryl methyl sites for hydroxylation is 1. The maximum Gasteiger partial charge on any atom is 0.252 e. The fourth-order valence-electron chi connectivity index (χ4n) is 1.91. The number of pyridine rings is 1. The molecule has 1 unspecified atom stereocenters. The molecule has 2 rings (SSSR count). The highest BCUT2D eigenvalue weighted by atomic mass is 16.1. The van der Waals surface area contributed by atoms with Gasteiger partial charge < -0.3 is 10.6 Å². The second-order valence-corrected chi connectivity index (χ2v) is 4.32. The van der Waals surface area contributed by atoms with E-state index in [2.05, 4.69) is 15.6 Å². The molecule has 4 nitrogen and oxygen atoms in total. The molecule has 0 spiro atoms. The summed E-state index contributed by atoms with van der Waals surface area (Å²) < 4.78 is 0. The molecule has 86 valence electrons. The third-order valence-corrected chi connectivity index (χ3v) is 2.85. The van der Waals surface area contributed by atoms with E-state index in [1.165, 1.54) is 0 Å². The smallest absolute Gasteiger partial charge is 0.252 e. The van der Waals surface area contributed by atoms with Gasteiger partial charge in [0.1, 0.15) is 0 Å². The molecule has 1 aromatic heterocycles. The van der Waals surface area contributed by atoms with Crippen LogP contribution >= 0.6 is 0 Å². The van der Waals surface area contributed by atoms with E-state index in [9.17, 15) is 4.79 Å². The van der Waals surface area contributed by atoms with E-state index in [4.69, 9.17) is 0 Å². The van der Waals surface area contributed by atoms with Crippen LogP contribution in [0.1, 0.15) is 22.3 Å². The van der Waals surface area contributed by atoms with Crippen LogP contribution in [0.5, 0.6) is 0 Å². The Morgan fingerprint density at radius 1 is 1.62 bits per heavy atom. The second kappa shape index (κ2) is 5.07. The summed E-state index contributed by atoms with van der Waals surface area (Å²) in [4.78, 5) is 15.8. The van der Waals surface area contributed by atoms with Crippen molar-refractivity contribution in [2.75, 3.05) is 19.6 Å².